The number of aromatic nitrogens is 8. The number of aryl methyl sites for hydroxylation is 3. The Labute approximate surface area is 212 Å². The molecule has 0 spiro atoms. The van der Waals surface area contributed by atoms with Crippen molar-refractivity contribution in [3.8, 4) is 0 Å². The molecule has 184 valence electrons. The summed E-state index contributed by atoms with van der Waals surface area (Å²) in [4.78, 5) is 38.2. The number of thiazole rings is 1. The van der Waals surface area contributed by atoms with Gasteiger partial charge in [-0.15, -0.1) is 5.10 Å². The van der Waals surface area contributed by atoms with Gasteiger partial charge in [0.2, 0.25) is 5.51 Å². The Kier molecular flexibility index (Phi) is 7.97. The van der Waals surface area contributed by atoms with E-state index in [9.17, 15) is 9.59 Å². The quantitative estimate of drug-likeness (QED) is 0.168. The van der Waals surface area contributed by atoms with E-state index in [0.717, 1.165) is 28.2 Å². The molecule has 4 heterocycles. The Morgan fingerprint density at radius 1 is 1.26 bits per heavy atom. The number of nitrogens with two attached hydrogens (primary N) is 1. The molecule has 0 atom stereocenters. The van der Waals surface area contributed by atoms with Crippen molar-refractivity contribution in [2.75, 3.05) is 23.8 Å². The average Bonchev–Trinajstić information content (AvgIpc) is 3.42. The number of hydrogen-bond donors (Lipinski definition) is 2. The molecule has 0 saturated carbocycles. The standard InChI is InChI=1S/C20H24N10O2S3/c1-12-15(33-11-29(12)9-14-8-23-13(2)25-17(14)21)4-6-34-35-7-5-22-19(31)16-18-26-27-28(3)20(32)30(18)10-24-16/h8,10-11H,4-7,9H2,1-3H3,(H2-,21,22,23,25,31)/p+1. The monoisotopic (exact) mass is 533 g/mol. The number of anilines is 1. The Bertz CT molecular complexity index is 1410. The summed E-state index contributed by atoms with van der Waals surface area (Å²) in [7, 11) is 4.95. The molecule has 12 nitrogen and oxygen atoms in total. The highest BCUT2D eigenvalue weighted by atomic mass is 33.1. The molecule has 0 aliphatic rings. The zero-order chi connectivity index (χ0) is 24.9. The molecule has 1 amide bonds. The van der Waals surface area contributed by atoms with Crippen molar-refractivity contribution in [1.82, 2.24) is 39.7 Å². The maximum atomic E-state index is 12.4. The first kappa shape index (κ1) is 25.1. The van der Waals surface area contributed by atoms with Crippen LogP contribution in [-0.4, -0.2) is 58.3 Å². The van der Waals surface area contributed by atoms with Gasteiger partial charge in [-0.2, -0.15) is 9.25 Å². The molecule has 4 rings (SSSR count). The van der Waals surface area contributed by atoms with Gasteiger partial charge in [-0.05, 0) is 13.3 Å². The summed E-state index contributed by atoms with van der Waals surface area (Å²) in [5, 5.41) is 10.4. The molecule has 0 radical (unpaired) electrons. The van der Waals surface area contributed by atoms with E-state index in [1.54, 1.807) is 39.1 Å². The first-order valence-electron chi connectivity index (χ1n) is 10.7. The number of hydrogen-bond acceptors (Lipinski definition) is 11. The van der Waals surface area contributed by atoms with Crippen LogP contribution in [0.15, 0.2) is 22.8 Å². The van der Waals surface area contributed by atoms with Gasteiger partial charge in [0.05, 0.1) is 10.4 Å². The topological polar surface area (TPSA) is 150 Å². The number of carbonyl (C=O) groups is 1. The van der Waals surface area contributed by atoms with Gasteiger partial charge in [-0.25, -0.2) is 24.1 Å². The molecule has 0 aliphatic carbocycles. The summed E-state index contributed by atoms with van der Waals surface area (Å²) in [5.74, 6) is 2.52. The Morgan fingerprint density at radius 2 is 2.06 bits per heavy atom. The smallest absolute Gasteiger partial charge is 0.352 e. The predicted molar refractivity (Wildman–Crippen MR) is 137 cm³/mol. The summed E-state index contributed by atoms with van der Waals surface area (Å²) in [6.07, 6.45) is 4.03. The van der Waals surface area contributed by atoms with Gasteiger partial charge in [0.15, 0.2) is 23.6 Å². The number of imidazole rings is 1. The summed E-state index contributed by atoms with van der Waals surface area (Å²) in [6.45, 7) is 5.07. The summed E-state index contributed by atoms with van der Waals surface area (Å²) < 4.78 is 4.46. The molecule has 0 aromatic carbocycles. The number of rotatable bonds is 10. The van der Waals surface area contributed by atoms with E-state index in [1.807, 2.05) is 6.92 Å². The lowest BCUT2D eigenvalue weighted by atomic mass is 10.2. The van der Waals surface area contributed by atoms with Crippen LogP contribution in [0.25, 0.3) is 5.65 Å². The Hall–Kier alpha value is -3.04. The van der Waals surface area contributed by atoms with Gasteiger partial charge >= 0.3 is 5.69 Å². The van der Waals surface area contributed by atoms with E-state index in [2.05, 4.69) is 47.6 Å². The fourth-order valence-electron chi connectivity index (χ4n) is 3.25. The van der Waals surface area contributed by atoms with Crippen molar-refractivity contribution in [3.63, 3.8) is 0 Å². The number of amides is 1. The SMILES string of the molecule is Cc1ncc(C[n+]2csc(CCSSCCNC(=O)c3ncn4c(=O)n(C)nnc34)c2C)c(N)n1. The number of nitrogen functional groups attached to an aromatic ring is 1. The third-order valence-corrected chi connectivity index (χ3v) is 8.75. The van der Waals surface area contributed by atoms with Crippen LogP contribution in [-0.2, 0) is 20.0 Å². The Morgan fingerprint density at radius 3 is 2.86 bits per heavy atom. The maximum Gasteiger partial charge on any atom is 0.352 e. The second-order valence-corrected chi connectivity index (χ2v) is 11.3. The van der Waals surface area contributed by atoms with E-state index in [-0.39, 0.29) is 17.2 Å². The lowest BCUT2D eigenvalue weighted by Crippen LogP contribution is -2.35. The van der Waals surface area contributed by atoms with Crippen molar-refractivity contribution < 1.29 is 9.36 Å². The second kappa shape index (κ2) is 11.1. The van der Waals surface area contributed by atoms with Crippen molar-refractivity contribution in [2.45, 2.75) is 26.8 Å². The molecule has 0 unspecified atom stereocenters. The second-order valence-electron chi connectivity index (χ2n) is 7.62. The van der Waals surface area contributed by atoms with Gasteiger partial charge in [0.25, 0.3) is 5.91 Å². The highest BCUT2D eigenvalue weighted by Crippen LogP contribution is 2.23. The minimum absolute atomic E-state index is 0.0910. The van der Waals surface area contributed by atoms with Crippen LogP contribution >= 0.6 is 32.9 Å². The van der Waals surface area contributed by atoms with Crippen molar-refractivity contribution >= 4 is 50.3 Å². The minimum Gasteiger partial charge on any atom is -0.383 e. The van der Waals surface area contributed by atoms with Gasteiger partial charge in [-0.3, -0.25) is 4.79 Å². The van der Waals surface area contributed by atoms with Crippen LogP contribution in [0.2, 0.25) is 0 Å². The largest absolute Gasteiger partial charge is 0.383 e. The van der Waals surface area contributed by atoms with Crippen LogP contribution < -0.4 is 21.3 Å². The molecule has 0 saturated heterocycles. The molecular weight excluding hydrogens is 508 g/mol. The normalized spacial score (nSPS) is 11.3. The molecule has 3 N–H and O–H groups in total. The molecule has 0 bridgehead atoms. The lowest BCUT2D eigenvalue weighted by molar-refractivity contribution is -0.689. The maximum absolute atomic E-state index is 12.4. The number of fused-ring (bicyclic) bond motifs is 1. The van der Waals surface area contributed by atoms with Crippen molar-refractivity contribution in [1.29, 1.82) is 0 Å². The first-order valence-corrected chi connectivity index (χ1v) is 14.1. The van der Waals surface area contributed by atoms with Crippen LogP contribution in [0.4, 0.5) is 5.82 Å². The van der Waals surface area contributed by atoms with Crippen molar-refractivity contribution in [3.05, 3.63) is 56.2 Å². The molecule has 4 aromatic rings. The molecular formula is C20H25N10O2S3+. The number of nitrogens with one attached hydrogen (secondary N) is 1. The fraction of sp³-hybridized carbons (Fsp3) is 0.400. The van der Waals surface area contributed by atoms with Crippen molar-refractivity contribution in [2.24, 2.45) is 7.05 Å². The minimum atomic E-state index is -0.409. The first-order chi connectivity index (χ1) is 16.8. The molecule has 0 fully saturated rings. The van der Waals surface area contributed by atoms with Gasteiger partial charge in [-0.1, -0.05) is 38.1 Å². The van der Waals surface area contributed by atoms with E-state index >= 15 is 0 Å². The van der Waals surface area contributed by atoms with Crippen LogP contribution in [0, 0.1) is 13.8 Å². The molecule has 4 aromatic heterocycles. The van der Waals surface area contributed by atoms with E-state index < -0.39 is 5.69 Å². The highest BCUT2D eigenvalue weighted by molar-refractivity contribution is 8.76. The lowest BCUT2D eigenvalue weighted by Gasteiger charge is -2.04. The molecule has 0 aliphatic heterocycles. The zero-order valence-corrected chi connectivity index (χ0v) is 21.9. The van der Waals surface area contributed by atoms with Gasteiger partial charge in [0, 0.05) is 38.2 Å². The van der Waals surface area contributed by atoms with E-state index in [0.29, 0.717) is 24.7 Å². The third kappa shape index (κ3) is 5.79. The van der Waals surface area contributed by atoms with E-state index in [4.69, 9.17) is 5.73 Å². The van der Waals surface area contributed by atoms with Gasteiger partial charge in [0.1, 0.15) is 18.0 Å². The van der Waals surface area contributed by atoms with Crippen LogP contribution in [0.3, 0.4) is 0 Å². The molecule has 15 heteroatoms. The number of carbonyl (C=O) groups excluding carboxylic acids is 1. The van der Waals surface area contributed by atoms with E-state index in [1.165, 1.54) is 28.3 Å². The summed E-state index contributed by atoms with van der Waals surface area (Å²) in [6, 6.07) is 0. The Balaban J connectivity index is 1.18. The average molecular weight is 534 g/mol. The van der Waals surface area contributed by atoms with Gasteiger partial charge < -0.3 is 11.1 Å². The summed E-state index contributed by atoms with van der Waals surface area (Å²) in [5.41, 5.74) is 10.1. The highest BCUT2D eigenvalue weighted by Gasteiger charge is 2.18. The zero-order valence-electron chi connectivity index (χ0n) is 19.5. The summed E-state index contributed by atoms with van der Waals surface area (Å²) >= 11 is 1.74. The fourth-order valence-corrected chi connectivity index (χ4v) is 6.29. The number of nitrogens with zero attached hydrogens (tertiary/aromatic N) is 8. The van der Waals surface area contributed by atoms with Crippen LogP contribution in [0.1, 0.15) is 32.4 Å². The third-order valence-electron chi connectivity index (χ3n) is 5.20. The van der Waals surface area contributed by atoms with Crippen LogP contribution in [0.5, 0.6) is 0 Å². The molecule has 35 heavy (non-hydrogen) atoms. The predicted octanol–water partition coefficient (Wildman–Crippen LogP) is 0.563.